The molecule has 0 bridgehead atoms. The third-order valence-corrected chi connectivity index (χ3v) is 3.10. The number of hydrogen-bond donors (Lipinski definition) is 3. The lowest BCUT2D eigenvalue weighted by Gasteiger charge is -2.42. The molecule has 0 saturated heterocycles. The van der Waals surface area contributed by atoms with Crippen molar-refractivity contribution in [1.29, 1.82) is 0 Å². The minimum Gasteiger partial charge on any atom is -0.481 e. The van der Waals surface area contributed by atoms with Crippen LogP contribution in [0.15, 0.2) is 0 Å². The molecule has 1 aliphatic carbocycles. The summed E-state index contributed by atoms with van der Waals surface area (Å²) in [4.78, 5) is 21.8. The van der Waals surface area contributed by atoms with Crippen LogP contribution in [0.1, 0.15) is 32.1 Å². The molecule has 1 saturated carbocycles. The number of ether oxygens (including phenoxy) is 1. The van der Waals surface area contributed by atoms with E-state index in [-0.39, 0.29) is 24.5 Å². The Kier molecular flexibility index (Phi) is 5.21. The standard InChI is InChI=1S/C11H20N2O4/c1-17-8-6-11(4-2-5-11)13-10(16)12-7-3-9(14)15/h2-8H2,1H3,(H,14,15)(H2,12,13,16). The molecule has 17 heavy (non-hydrogen) atoms. The van der Waals surface area contributed by atoms with Crippen LogP contribution >= 0.6 is 0 Å². The highest BCUT2D eigenvalue weighted by Gasteiger charge is 2.37. The second-order valence-electron chi connectivity index (χ2n) is 4.40. The minimum atomic E-state index is -0.914. The lowest BCUT2D eigenvalue weighted by atomic mass is 9.74. The molecule has 0 aromatic rings. The molecule has 0 atom stereocenters. The number of rotatable bonds is 7. The number of aliphatic carboxylic acids is 1. The number of methoxy groups -OCH3 is 1. The van der Waals surface area contributed by atoms with E-state index in [4.69, 9.17) is 9.84 Å². The molecular weight excluding hydrogens is 224 g/mol. The van der Waals surface area contributed by atoms with E-state index in [9.17, 15) is 9.59 Å². The largest absolute Gasteiger partial charge is 0.481 e. The Balaban J connectivity index is 2.25. The van der Waals surface area contributed by atoms with Gasteiger partial charge in [-0.15, -0.1) is 0 Å². The maximum absolute atomic E-state index is 11.5. The highest BCUT2D eigenvalue weighted by Crippen LogP contribution is 2.34. The first-order valence-corrected chi connectivity index (χ1v) is 5.85. The van der Waals surface area contributed by atoms with Crippen LogP contribution in [0.5, 0.6) is 0 Å². The number of carboxylic acid groups (broad SMARTS) is 1. The zero-order chi connectivity index (χ0) is 12.7. The predicted molar refractivity (Wildman–Crippen MR) is 61.9 cm³/mol. The summed E-state index contributed by atoms with van der Waals surface area (Å²) in [6.07, 6.45) is 3.78. The van der Waals surface area contributed by atoms with Crippen LogP contribution in [0.3, 0.4) is 0 Å². The summed E-state index contributed by atoms with van der Waals surface area (Å²) in [6.45, 7) is 0.775. The summed E-state index contributed by atoms with van der Waals surface area (Å²) in [6, 6.07) is -0.290. The summed E-state index contributed by atoms with van der Waals surface area (Å²) in [5, 5.41) is 13.9. The van der Waals surface area contributed by atoms with Gasteiger partial charge in [0.25, 0.3) is 0 Å². The lowest BCUT2D eigenvalue weighted by Crippen LogP contribution is -2.56. The van der Waals surface area contributed by atoms with Gasteiger partial charge in [0.15, 0.2) is 0 Å². The first kappa shape index (κ1) is 13.8. The second-order valence-corrected chi connectivity index (χ2v) is 4.40. The van der Waals surface area contributed by atoms with E-state index >= 15 is 0 Å². The molecule has 1 aliphatic rings. The zero-order valence-electron chi connectivity index (χ0n) is 10.1. The highest BCUT2D eigenvalue weighted by molar-refractivity contribution is 5.75. The summed E-state index contributed by atoms with van der Waals surface area (Å²) >= 11 is 0. The van der Waals surface area contributed by atoms with Crippen LogP contribution in [-0.4, -0.2) is 42.9 Å². The van der Waals surface area contributed by atoms with Crippen LogP contribution in [0, 0.1) is 0 Å². The molecule has 0 aliphatic heterocycles. The van der Waals surface area contributed by atoms with Crippen molar-refractivity contribution < 1.29 is 19.4 Å². The van der Waals surface area contributed by atoms with Crippen LogP contribution in [0.2, 0.25) is 0 Å². The van der Waals surface area contributed by atoms with Crippen LogP contribution in [0.4, 0.5) is 4.79 Å². The molecule has 6 heteroatoms. The van der Waals surface area contributed by atoms with Gasteiger partial charge in [0.05, 0.1) is 6.42 Å². The summed E-state index contributed by atoms with van der Waals surface area (Å²) in [5.74, 6) is -0.914. The Morgan fingerprint density at radius 1 is 1.41 bits per heavy atom. The van der Waals surface area contributed by atoms with E-state index in [1.807, 2.05) is 0 Å². The van der Waals surface area contributed by atoms with Crippen molar-refractivity contribution in [1.82, 2.24) is 10.6 Å². The van der Waals surface area contributed by atoms with Gasteiger partial charge in [0.1, 0.15) is 0 Å². The van der Waals surface area contributed by atoms with E-state index in [2.05, 4.69) is 10.6 Å². The first-order valence-electron chi connectivity index (χ1n) is 5.85. The van der Waals surface area contributed by atoms with Crippen LogP contribution in [0.25, 0.3) is 0 Å². The van der Waals surface area contributed by atoms with Gasteiger partial charge in [-0.1, -0.05) is 0 Å². The van der Waals surface area contributed by atoms with Crippen molar-refractivity contribution in [2.24, 2.45) is 0 Å². The molecule has 0 unspecified atom stereocenters. The number of urea groups is 1. The van der Waals surface area contributed by atoms with E-state index in [0.29, 0.717) is 6.61 Å². The molecule has 0 aromatic heterocycles. The quantitative estimate of drug-likeness (QED) is 0.615. The van der Waals surface area contributed by atoms with Crippen molar-refractivity contribution in [3.63, 3.8) is 0 Å². The van der Waals surface area contributed by atoms with E-state index in [1.54, 1.807) is 7.11 Å². The maximum Gasteiger partial charge on any atom is 0.315 e. The maximum atomic E-state index is 11.5. The Labute approximate surface area is 101 Å². The fourth-order valence-electron chi connectivity index (χ4n) is 1.91. The topological polar surface area (TPSA) is 87.7 Å². The second kappa shape index (κ2) is 6.44. The van der Waals surface area contributed by atoms with Crippen molar-refractivity contribution in [3.8, 4) is 0 Å². The van der Waals surface area contributed by atoms with Crippen molar-refractivity contribution in [3.05, 3.63) is 0 Å². The number of hydrogen-bond acceptors (Lipinski definition) is 3. The van der Waals surface area contributed by atoms with Gasteiger partial charge >= 0.3 is 12.0 Å². The smallest absolute Gasteiger partial charge is 0.315 e. The number of carbonyl (C=O) groups is 2. The molecule has 1 fully saturated rings. The average Bonchev–Trinajstić information content (AvgIpc) is 2.21. The summed E-state index contributed by atoms with van der Waals surface area (Å²) < 4.78 is 5.02. The molecule has 0 radical (unpaired) electrons. The monoisotopic (exact) mass is 244 g/mol. The van der Waals surface area contributed by atoms with Gasteiger partial charge in [0, 0.05) is 25.8 Å². The van der Waals surface area contributed by atoms with E-state index < -0.39 is 5.97 Å². The molecule has 1 rings (SSSR count). The van der Waals surface area contributed by atoms with E-state index in [0.717, 1.165) is 25.7 Å². The lowest BCUT2D eigenvalue weighted by molar-refractivity contribution is -0.136. The normalized spacial score (nSPS) is 17.0. The summed E-state index contributed by atoms with van der Waals surface area (Å²) in [5.41, 5.74) is -0.149. The molecule has 0 heterocycles. The average molecular weight is 244 g/mol. The molecule has 3 N–H and O–H groups in total. The van der Waals surface area contributed by atoms with Gasteiger partial charge in [-0.3, -0.25) is 4.79 Å². The van der Waals surface area contributed by atoms with Crippen molar-refractivity contribution >= 4 is 12.0 Å². The first-order chi connectivity index (χ1) is 8.08. The number of carboxylic acids is 1. The Morgan fingerprint density at radius 2 is 2.12 bits per heavy atom. The third kappa shape index (κ3) is 4.60. The fourth-order valence-corrected chi connectivity index (χ4v) is 1.91. The summed E-state index contributed by atoms with van der Waals surface area (Å²) in [7, 11) is 1.64. The Bertz CT molecular complexity index is 277. The Hall–Kier alpha value is -1.30. The number of nitrogens with one attached hydrogen (secondary N) is 2. The van der Waals surface area contributed by atoms with Gasteiger partial charge in [-0.05, 0) is 25.7 Å². The molecule has 6 nitrogen and oxygen atoms in total. The highest BCUT2D eigenvalue weighted by atomic mass is 16.5. The van der Waals surface area contributed by atoms with Crippen LogP contribution < -0.4 is 10.6 Å². The molecule has 0 aromatic carbocycles. The van der Waals surface area contributed by atoms with Crippen molar-refractivity contribution in [2.75, 3.05) is 20.3 Å². The zero-order valence-corrected chi connectivity index (χ0v) is 10.1. The van der Waals surface area contributed by atoms with Gasteiger partial charge in [0.2, 0.25) is 0 Å². The van der Waals surface area contributed by atoms with Gasteiger partial charge in [-0.25, -0.2) is 4.79 Å². The fraction of sp³-hybridized carbons (Fsp3) is 0.818. The molecule has 98 valence electrons. The number of carbonyl (C=O) groups excluding carboxylic acids is 1. The minimum absolute atomic E-state index is 0.0571. The van der Waals surface area contributed by atoms with E-state index in [1.165, 1.54) is 0 Å². The Morgan fingerprint density at radius 3 is 2.59 bits per heavy atom. The SMILES string of the molecule is COCCC1(NC(=O)NCCC(=O)O)CCC1. The molecule has 2 amide bonds. The predicted octanol–water partition coefficient (Wildman–Crippen LogP) is 0.719. The van der Waals surface area contributed by atoms with Crippen LogP contribution in [-0.2, 0) is 9.53 Å². The molecular formula is C11H20N2O4. The molecule has 0 spiro atoms. The van der Waals surface area contributed by atoms with Crippen molar-refractivity contribution in [2.45, 2.75) is 37.6 Å². The van der Waals surface area contributed by atoms with Gasteiger partial charge in [-0.2, -0.15) is 0 Å². The van der Waals surface area contributed by atoms with Gasteiger partial charge < -0.3 is 20.5 Å². The number of amides is 2. The third-order valence-electron chi connectivity index (χ3n) is 3.10.